The molecule has 0 radical (unpaired) electrons. The summed E-state index contributed by atoms with van der Waals surface area (Å²) in [4.78, 5) is 36.4. The van der Waals surface area contributed by atoms with Crippen molar-refractivity contribution in [2.45, 2.75) is 12.8 Å². The number of hydrogen-bond acceptors (Lipinski definition) is 4. The maximum Gasteiger partial charge on any atom is 0.254 e. The third-order valence-electron chi connectivity index (χ3n) is 3.02. The first-order chi connectivity index (χ1) is 9.66. The molecular formula is C13H17N3O4. The van der Waals surface area contributed by atoms with Crippen LogP contribution in [0.1, 0.15) is 23.2 Å². The summed E-state index contributed by atoms with van der Waals surface area (Å²) in [5, 5.41) is 5.34. The van der Waals surface area contributed by atoms with Crippen LogP contribution in [0.4, 0.5) is 0 Å². The van der Waals surface area contributed by atoms with Gasteiger partial charge in [-0.05, 0) is 12.5 Å². The molecule has 0 aromatic carbocycles. The zero-order valence-corrected chi connectivity index (χ0v) is 11.1. The van der Waals surface area contributed by atoms with Crippen molar-refractivity contribution in [2.75, 3.05) is 26.2 Å². The highest BCUT2D eigenvalue weighted by atomic mass is 16.3. The summed E-state index contributed by atoms with van der Waals surface area (Å²) in [6.07, 6.45) is 3.68. The first-order valence-corrected chi connectivity index (χ1v) is 6.51. The molecule has 0 aliphatic carbocycles. The van der Waals surface area contributed by atoms with Crippen molar-refractivity contribution in [2.24, 2.45) is 0 Å². The van der Waals surface area contributed by atoms with Crippen molar-refractivity contribution in [3.8, 4) is 0 Å². The predicted molar refractivity (Wildman–Crippen MR) is 69.9 cm³/mol. The molecule has 7 nitrogen and oxygen atoms in total. The number of carbonyl (C=O) groups is 3. The summed E-state index contributed by atoms with van der Waals surface area (Å²) in [7, 11) is 0. The quantitative estimate of drug-likeness (QED) is 0.795. The topological polar surface area (TPSA) is 91.7 Å². The molecule has 1 aliphatic heterocycles. The van der Waals surface area contributed by atoms with E-state index < -0.39 is 0 Å². The molecule has 1 aromatic heterocycles. The second kappa shape index (κ2) is 6.74. The lowest BCUT2D eigenvalue weighted by atomic mass is 10.3. The molecule has 0 unspecified atom stereocenters. The second-order valence-corrected chi connectivity index (χ2v) is 4.54. The average Bonchev–Trinajstić information content (AvgIpc) is 2.87. The van der Waals surface area contributed by atoms with Gasteiger partial charge in [-0.3, -0.25) is 14.4 Å². The summed E-state index contributed by atoms with van der Waals surface area (Å²) < 4.78 is 4.80. The van der Waals surface area contributed by atoms with Gasteiger partial charge in [0.2, 0.25) is 11.8 Å². The van der Waals surface area contributed by atoms with Crippen molar-refractivity contribution < 1.29 is 18.8 Å². The molecule has 0 atom stereocenters. The lowest BCUT2D eigenvalue weighted by Crippen LogP contribution is -2.39. The Bertz CT molecular complexity index is 484. The van der Waals surface area contributed by atoms with Crippen molar-refractivity contribution in [3.05, 3.63) is 24.2 Å². The number of hydrogen-bond donors (Lipinski definition) is 2. The first kappa shape index (κ1) is 14.1. The van der Waals surface area contributed by atoms with Gasteiger partial charge in [-0.1, -0.05) is 0 Å². The van der Waals surface area contributed by atoms with E-state index in [1.807, 2.05) is 0 Å². The number of carbonyl (C=O) groups excluding carboxylic acids is 3. The van der Waals surface area contributed by atoms with Crippen LogP contribution in [0.2, 0.25) is 0 Å². The molecule has 2 heterocycles. The lowest BCUT2D eigenvalue weighted by molar-refractivity contribution is -0.135. The molecule has 0 saturated carbocycles. The Hall–Kier alpha value is -2.31. The Morgan fingerprint density at radius 2 is 2.30 bits per heavy atom. The van der Waals surface area contributed by atoms with E-state index in [-0.39, 0.29) is 37.2 Å². The van der Waals surface area contributed by atoms with Gasteiger partial charge < -0.3 is 20.0 Å². The summed E-state index contributed by atoms with van der Waals surface area (Å²) in [6.45, 7) is 1.49. The maximum atomic E-state index is 11.9. The Morgan fingerprint density at radius 1 is 1.45 bits per heavy atom. The highest BCUT2D eigenvalue weighted by Crippen LogP contribution is 2.01. The van der Waals surface area contributed by atoms with Crippen LogP contribution in [0.3, 0.4) is 0 Å². The second-order valence-electron chi connectivity index (χ2n) is 4.54. The fraction of sp³-hybridized carbons (Fsp3) is 0.462. The SMILES string of the molecule is O=C1CN(C(=O)CCNC(=O)c2ccoc2)CCCN1. The van der Waals surface area contributed by atoms with E-state index in [1.54, 1.807) is 6.07 Å². The summed E-state index contributed by atoms with van der Waals surface area (Å²) >= 11 is 0. The van der Waals surface area contributed by atoms with E-state index in [4.69, 9.17) is 4.42 Å². The normalized spacial score (nSPS) is 15.4. The average molecular weight is 279 g/mol. The molecule has 3 amide bonds. The number of nitrogens with zero attached hydrogens (tertiary/aromatic N) is 1. The summed E-state index contributed by atoms with van der Waals surface area (Å²) in [5.41, 5.74) is 0.423. The molecule has 108 valence electrons. The van der Waals surface area contributed by atoms with E-state index in [0.29, 0.717) is 18.7 Å². The van der Waals surface area contributed by atoms with Crippen LogP contribution in [0.25, 0.3) is 0 Å². The van der Waals surface area contributed by atoms with Crippen LogP contribution in [0, 0.1) is 0 Å². The minimum atomic E-state index is -0.278. The third-order valence-corrected chi connectivity index (χ3v) is 3.02. The van der Waals surface area contributed by atoms with Gasteiger partial charge in [0.15, 0.2) is 0 Å². The molecule has 2 N–H and O–H groups in total. The molecule has 1 aliphatic rings. The van der Waals surface area contributed by atoms with Gasteiger partial charge in [-0.15, -0.1) is 0 Å². The van der Waals surface area contributed by atoms with Gasteiger partial charge in [-0.25, -0.2) is 0 Å². The van der Waals surface area contributed by atoms with E-state index in [2.05, 4.69) is 10.6 Å². The minimum Gasteiger partial charge on any atom is -0.472 e. The molecule has 0 bridgehead atoms. The molecule has 7 heteroatoms. The monoisotopic (exact) mass is 279 g/mol. The Labute approximate surface area is 116 Å². The van der Waals surface area contributed by atoms with Crippen LogP contribution in [0.5, 0.6) is 0 Å². The summed E-state index contributed by atoms with van der Waals surface area (Å²) in [6, 6.07) is 1.55. The maximum absolute atomic E-state index is 11.9. The van der Waals surface area contributed by atoms with Gasteiger partial charge in [0.25, 0.3) is 5.91 Å². The smallest absolute Gasteiger partial charge is 0.254 e. The van der Waals surface area contributed by atoms with Crippen molar-refractivity contribution in [1.82, 2.24) is 15.5 Å². The lowest BCUT2D eigenvalue weighted by Gasteiger charge is -2.18. The highest BCUT2D eigenvalue weighted by molar-refractivity contribution is 5.94. The molecule has 0 spiro atoms. The highest BCUT2D eigenvalue weighted by Gasteiger charge is 2.19. The molecule has 1 saturated heterocycles. The number of amides is 3. The van der Waals surface area contributed by atoms with E-state index >= 15 is 0 Å². The Morgan fingerprint density at radius 3 is 3.05 bits per heavy atom. The summed E-state index contributed by atoms with van der Waals surface area (Å²) in [5.74, 6) is -0.548. The van der Waals surface area contributed by atoms with Gasteiger partial charge in [0.1, 0.15) is 6.26 Å². The standard InChI is InChI=1S/C13H17N3O4/c17-11-8-16(6-1-4-14-11)12(18)2-5-15-13(19)10-3-7-20-9-10/h3,7,9H,1-2,4-6,8H2,(H,14,17)(H,15,19). The van der Waals surface area contributed by atoms with Crippen LogP contribution >= 0.6 is 0 Å². The molecule has 2 rings (SSSR count). The molecule has 1 fully saturated rings. The van der Waals surface area contributed by atoms with Crippen LogP contribution in [-0.2, 0) is 9.59 Å². The zero-order valence-electron chi connectivity index (χ0n) is 11.1. The fourth-order valence-corrected chi connectivity index (χ4v) is 1.96. The Balaban J connectivity index is 1.74. The van der Waals surface area contributed by atoms with Crippen LogP contribution in [-0.4, -0.2) is 48.8 Å². The third kappa shape index (κ3) is 3.84. The van der Waals surface area contributed by atoms with Gasteiger partial charge in [0, 0.05) is 26.1 Å². The van der Waals surface area contributed by atoms with E-state index in [0.717, 1.165) is 6.42 Å². The van der Waals surface area contributed by atoms with Crippen molar-refractivity contribution >= 4 is 17.7 Å². The van der Waals surface area contributed by atoms with Gasteiger partial charge in [0.05, 0.1) is 18.4 Å². The largest absolute Gasteiger partial charge is 0.472 e. The fourth-order valence-electron chi connectivity index (χ4n) is 1.96. The number of nitrogens with one attached hydrogen (secondary N) is 2. The number of rotatable bonds is 4. The molecule has 20 heavy (non-hydrogen) atoms. The van der Waals surface area contributed by atoms with Crippen molar-refractivity contribution in [1.29, 1.82) is 0 Å². The van der Waals surface area contributed by atoms with Crippen molar-refractivity contribution in [3.63, 3.8) is 0 Å². The van der Waals surface area contributed by atoms with Gasteiger partial charge in [-0.2, -0.15) is 0 Å². The van der Waals surface area contributed by atoms with E-state index in [9.17, 15) is 14.4 Å². The van der Waals surface area contributed by atoms with Crippen LogP contribution < -0.4 is 10.6 Å². The predicted octanol–water partition coefficient (Wildman–Crippen LogP) is -0.252. The molecule has 1 aromatic rings. The van der Waals surface area contributed by atoms with Crippen LogP contribution in [0.15, 0.2) is 23.0 Å². The first-order valence-electron chi connectivity index (χ1n) is 6.51. The zero-order chi connectivity index (χ0) is 14.4. The van der Waals surface area contributed by atoms with Gasteiger partial charge >= 0.3 is 0 Å². The molecular weight excluding hydrogens is 262 g/mol. The number of furan rings is 1. The Kier molecular flexibility index (Phi) is 4.75. The van der Waals surface area contributed by atoms with E-state index in [1.165, 1.54) is 17.4 Å². The minimum absolute atomic E-state index is 0.0918.